The van der Waals surface area contributed by atoms with Crippen molar-refractivity contribution in [3.05, 3.63) is 35.9 Å². The van der Waals surface area contributed by atoms with Crippen LogP contribution in [0.25, 0.3) is 0 Å². The second kappa shape index (κ2) is 5.27. The predicted octanol–water partition coefficient (Wildman–Crippen LogP) is 1.05. The maximum Gasteiger partial charge on any atom is 0.340 e. The summed E-state index contributed by atoms with van der Waals surface area (Å²) in [4.78, 5) is 26.4. The monoisotopic (exact) mass is 402 g/mol. The molecule has 29 heavy (non-hydrogen) atoms. The second-order valence-corrected chi connectivity index (χ2v) is 9.63. The van der Waals surface area contributed by atoms with Crippen molar-refractivity contribution < 1.29 is 34.4 Å². The van der Waals surface area contributed by atoms with Gasteiger partial charge >= 0.3 is 5.97 Å². The number of hydrogen-bond acceptors (Lipinski definition) is 7. The first kappa shape index (κ1) is 19.2. The van der Waals surface area contributed by atoms with Crippen molar-refractivity contribution in [1.29, 1.82) is 0 Å². The molecule has 0 radical (unpaired) electrons. The molecule has 1 saturated heterocycles. The lowest BCUT2D eigenvalue weighted by Gasteiger charge is -2.70. The first-order valence-electron chi connectivity index (χ1n) is 10.1. The zero-order valence-electron chi connectivity index (χ0n) is 16.7. The van der Waals surface area contributed by atoms with Gasteiger partial charge in [0.05, 0.1) is 23.9 Å². The van der Waals surface area contributed by atoms with E-state index in [0.717, 1.165) is 0 Å². The second-order valence-electron chi connectivity index (χ2n) is 9.63. The van der Waals surface area contributed by atoms with Gasteiger partial charge in [-0.1, -0.05) is 32.0 Å². The Bertz CT molecular complexity index is 917. The molecule has 4 aliphatic carbocycles. The molecule has 6 rings (SSSR count). The highest BCUT2D eigenvalue weighted by molar-refractivity contribution is 5.94. The molecule has 0 amide bonds. The van der Waals surface area contributed by atoms with E-state index in [1.165, 1.54) is 0 Å². The quantitative estimate of drug-likeness (QED) is 0.634. The molecule has 0 aromatic heterocycles. The van der Waals surface area contributed by atoms with Gasteiger partial charge in [-0.25, -0.2) is 4.79 Å². The summed E-state index contributed by atoms with van der Waals surface area (Å²) in [7, 11) is 0. The molecule has 4 saturated carbocycles. The summed E-state index contributed by atoms with van der Waals surface area (Å²) in [6.45, 7) is 5.02. The standard InChI is InChI=1S/C22H26O7/c1-12-14(23)9-21(27)18(2)11-28-22(29-16(25)13-7-5-4-6-8-13)17(26)20(12,21)10-15(24)19(18,22)3/h4-8,12,14,17,23,26-27H,9-11H2,1-3H3/t12-,14+,17-,18-,19-,20+,21+,22+/m0/s1. The molecule has 7 nitrogen and oxygen atoms in total. The number of ether oxygens (including phenoxy) is 2. The van der Waals surface area contributed by atoms with Gasteiger partial charge in [-0.2, -0.15) is 0 Å². The van der Waals surface area contributed by atoms with E-state index in [9.17, 15) is 24.9 Å². The van der Waals surface area contributed by atoms with Gasteiger partial charge in [-0.05, 0) is 25.0 Å². The fraction of sp³-hybridized carbons (Fsp3) is 0.636. The van der Waals surface area contributed by atoms with Crippen LogP contribution in [0.2, 0.25) is 0 Å². The maximum atomic E-state index is 13.5. The summed E-state index contributed by atoms with van der Waals surface area (Å²) in [6, 6.07) is 8.32. The van der Waals surface area contributed by atoms with E-state index in [-0.39, 0.29) is 30.8 Å². The van der Waals surface area contributed by atoms with Crippen molar-refractivity contribution in [2.45, 2.75) is 57.2 Å². The number of carbonyl (C=O) groups excluding carboxylic acids is 2. The Balaban J connectivity index is 1.71. The third kappa shape index (κ3) is 1.66. The van der Waals surface area contributed by atoms with E-state index in [4.69, 9.17) is 9.47 Å². The number of fused-ring (bicyclic) bond motifs is 1. The van der Waals surface area contributed by atoms with Gasteiger partial charge in [-0.3, -0.25) is 4.79 Å². The van der Waals surface area contributed by atoms with Crippen molar-refractivity contribution in [2.75, 3.05) is 6.61 Å². The minimum absolute atomic E-state index is 0.0384. The summed E-state index contributed by atoms with van der Waals surface area (Å²) in [5.74, 6) is -3.43. The van der Waals surface area contributed by atoms with E-state index in [2.05, 4.69) is 0 Å². The van der Waals surface area contributed by atoms with Crippen LogP contribution >= 0.6 is 0 Å². The van der Waals surface area contributed by atoms with E-state index in [1.54, 1.807) is 51.1 Å². The number of carbonyl (C=O) groups is 2. The van der Waals surface area contributed by atoms with E-state index >= 15 is 0 Å². The van der Waals surface area contributed by atoms with Crippen LogP contribution in [0.15, 0.2) is 30.3 Å². The van der Waals surface area contributed by atoms with Gasteiger partial charge in [0, 0.05) is 23.7 Å². The Labute approximate surface area is 168 Å². The molecule has 0 unspecified atom stereocenters. The van der Waals surface area contributed by atoms with Crippen LogP contribution in [0.5, 0.6) is 0 Å². The van der Waals surface area contributed by atoms with Crippen LogP contribution in [-0.4, -0.2) is 57.3 Å². The molecule has 1 aliphatic heterocycles. The highest BCUT2D eigenvalue weighted by Crippen LogP contribution is 2.80. The van der Waals surface area contributed by atoms with Gasteiger partial charge in [-0.15, -0.1) is 0 Å². The first-order valence-corrected chi connectivity index (χ1v) is 10.1. The lowest BCUT2D eigenvalue weighted by Crippen LogP contribution is -2.84. The predicted molar refractivity (Wildman–Crippen MR) is 99.6 cm³/mol. The number of ketones is 1. The van der Waals surface area contributed by atoms with Gasteiger partial charge in [0.1, 0.15) is 17.3 Å². The molecule has 1 aromatic rings. The SMILES string of the molecule is C[C@H]1[C@H](O)C[C@]2(O)[C@]13CC(=O)[C@]1(C)[C@@](OC(=O)c4ccccc4)(OC[C@]21C)[C@H]3O. The molecule has 7 heteroatoms. The Morgan fingerprint density at radius 3 is 2.52 bits per heavy atom. The minimum Gasteiger partial charge on any atom is -0.425 e. The molecule has 4 bridgehead atoms. The zero-order chi connectivity index (χ0) is 21.0. The number of aliphatic hydroxyl groups is 3. The molecule has 5 fully saturated rings. The summed E-state index contributed by atoms with van der Waals surface area (Å²) in [5, 5.41) is 34.2. The molecule has 156 valence electrons. The van der Waals surface area contributed by atoms with Crippen molar-refractivity contribution in [1.82, 2.24) is 0 Å². The topological polar surface area (TPSA) is 113 Å². The van der Waals surface area contributed by atoms with E-state index in [1.807, 2.05) is 0 Å². The average molecular weight is 402 g/mol. The number of hydrogen-bond donors (Lipinski definition) is 3. The van der Waals surface area contributed by atoms with Crippen LogP contribution in [-0.2, 0) is 14.3 Å². The highest BCUT2D eigenvalue weighted by atomic mass is 16.7. The van der Waals surface area contributed by atoms with E-state index in [0.29, 0.717) is 0 Å². The molecular weight excluding hydrogens is 376 g/mol. The molecule has 3 N–H and O–H groups in total. The fourth-order valence-corrected chi connectivity index (χ4v) is 7.06. The normalized spacial score (nSPS) is 52.5. The summed E-state index contributed by atoms with van der Waals surface area (Å²) < 4.78 is 11.9. The molecule has 1 heterocycles. The van der Waals surface area contributed by atoms with Gasteiger partial charge in [0.15, 0.2) is 0 Å². The minimum atomic E-state index is -1.92. The van der Waals surface area contributed by atoms with Crippen LogP contribution < -0.4 is 0 Å². The Morgan fingerprint density at radius 2 is 1.86 bits per heavy atom. The number of benzene rings is 1. The summed E-state index contributed by atoms with van der Waals surface area (Å²) in [6.07, 6.45) is -2.40. The Hall–Kier alpha value is -1.80. The van der Waals surface area contributed by atoms with Gasteiger partial charge in [0.25, 0.3) is 5.79 Å². The van der Waals surface area contributed by atoms with Crippen molar-refractivity contribution in [2.24, 2.45) is 22.2 Å². The van der Waals surface area contributed by atoms with Crippen molar-refractivity contribution >= 4 is 11.8 Å². The van der Waals surface area contributed by atoms with Crippen LogP contribution in [0.3, 0.4) is 0 Å². The van der Waals surface area contributed by atoms with Crippen molar-refractivity contribution in [3.8, 4) is 0 Å². The highest BCUT2D eigenvalue weighted by Gasteiger charge is 2.93. The van der Waals surface area contributed by atoms with Crippen LogP contribution in [0.4, 0.5) is 0 Å². The lowest BCUT2D eigenvalue weighted by atomic mass is 9.35. The molecule has 5 aliphatic rings. The average Bonchev–Trinajstić information content (AvgIpc) is 3.04. The zero-order valence-corrected chi connectivity index (χ0v) is 16.7. The molecule has 8 atom stereocenters. The first-order chi connectivity index (χ1) is 13.5. The largest absolute Gasteiger partial charge is 0.425 e. The molecule has 1 aromatic carbocycles. The number of Topliss-reactive ketones (excluding diaryl/α,β-unsaturated/α-hetero) is 1. The molecular formula is C22H26O7. The third-order valence-electron chi connectivity index (χ3n) is 9.07. The number of esters is 1. The fourth-order valence-electron chi connectivity index (χ4n) is 7.06. The smallest absolute Gasteiger partial charge is 0.340 e. The van der Waals surface area contributed by atoms with Crippen LogP contribution in [0, 0.1) is 22.2 Å². The Morgan fingerprint density at radius 1 is 1.21 bits per heavy atom. The lowest BCUT2D eigenvalue weighted by molar-refractivity contribution is -0.366. The number of aliphatic hydroxyl groups excluding tert-OH is 2. The van der Waals surface area contributed by atoms with Gasteiger partial charge in [0.2, 0.25) is 0 Å². The summed E-state index contributed by atoms with van der Waals surface area (Å²) in [5.41, 5.74) is -5.19. The maximum absolute atomic E-state index is 13.5. The van der Waals surface area contributed by atoms with Gasteiger partial charge < -0.3 is 24.8 Å². The molecule has 1 spiro atoms. The third-order valence-corrected chi connectivity index (χ3v) is 9.07. The Kier molecular flexibility index (Phi) is 3.48. The number of rotatable bonds is 2. The van der Waals surface area contributed by atoms with Crippen LogP contribution in [0.1, 0.15) is 44.0 Å². The van der Waals surface area contributed by atoms with E-state index < -0.39 is 51.7 Å². The van der Waals surface area contributed by atoms with Crippen molar-refractivity contribution in [3.63, 3.8) is 0 Å². The summed E-state index contributed by atoms with van der Waals surface area (Å²) >= 11 is 0.